The summed E-state index contributed by atoms with van der Waals surface area (Å²) in [5.74, 6) is 1.30. The molecule has 1 atom stereocenters. The Morgan fingerprint density at radius 3 is 2.56 bits per heavy atom. The van der Waals surface area contributed by atoms with Crippen molar-refractivity contribution in [3.05, 3.63) is 42.5 Å². The van der Waals surface area contributed by atoms with Crippen LogP contribution in [-0.4, -0.2) is 51.3 Å². The largest absolute Gasteiger partial charge is 0.497 e. The molecular weight excluding hydrogens is 410 g/mol. The van der Waals surface area contributed by atoms with E-state index in [1.54, 1.807) is 32.4 Å². The minimum absolute atomic E-state index is 0.0511. The lowest BCUT2D eigenvalue weighted by Gasteiger charge is -2.35. The number of carbonyl (C=O) groups is 2. The Bertz CT molecular complexity index is 945. The number of hydrogen-bond acceptors (Lipinski definition) is 6. The smallest absolute Gasteiger partial charge is 0.263 e. The molecule has 0 saturated heterocycles. The van der Waals surface area contributed by atoms with Gasteiger partial charge in [-0.05, 0) is 37.1 Å². The molecule has 0 spiro atoms. The normalized spacial score (nSPS) is 14.9. The van der Waals surface area contributed by atoms with E-state index in [1.165, 1.54) is 0 Å². The van der Waals surface area contributed by atoms with Crippen molar-refractivity contribution < 1.29 is 23.8 Å². The summed E-state index contributed by atoms with van der Waals surface area (Å²) in [6.45, 7) is 4.39. The summed E-state index contributed by atoms with van der Waals surface area (Å²) >= 11 is 0. The Hall–Kier alpha value is -3.42. The molecule has 1 unspecified atom stereocenters. The predicted molar refractivity (Wildman–Crippen MR) is 124 cm³/mol. The van der Waals surface area contributed by atoms with Crippen molar-refractivity contribution in [2.45, 2.75) is 38.8 Å². The van der Waals surface area contributed by atoms with Gasteiger partial charge in [0.15, 0.2) is 6.10 Å². The number of fused-ring (bicyclic) bond motifs is 1. The van der Waals surface area contributed by atoms with Crippen molar-refractivity contribution in [2.75, 3.05) is 37.5 Å². The fourth-order valence-electron chi connectivity index (χ4n) is 3.66. The molecule has 2 aromatic rings. The Morgan fingerprint density at radius 1 is 1.12 bits per heavy atom. The van der Waals surface area contributed by atoms with Crippen LogP contribution in [0.4, 0.5) is 11.4 Å². The second-order valence-electron chi connectivity index (χ2n) is 7.59. The van der Waals surface area contributed by atoms with Gasteiger partial charge in [-0.25, -0.2) is 0 Å². The van der Waals surface area contributed by atoms with Crippen LogP contribution in [0.3, 0.4) is 0 Å². The molecule has 1 aliphatic heterocycles. The van der Waals surface area contributed by atoms with Gasteiger partial charge in [-0.3, -0.25) is 9.59 Å². The number of amides is 2. The van der Waals surface area contributed by atoms with Gasteiger partial charge in [0.25, 0.3) is 5.91 Å². The highest BCUT2D eigenvalue weighted by atomic mass is 16.5. The molecule has 8 nitrogen and oxygen atoms in total. The number of nitrogens with zero attached hydrogens (tertiary/aromatic N) is 1. The molecule has 0 radical (unpaired) electrons. The first-order valence-electron chi connectivity index (χ1n) is 10.8. The third kappa shape index (κ3) is 5.43. The fraction of sp³-hybridized carbons (Fsp3) is 0.417. The molecule has 3 rings (SSSR count). The lowest BCUT2D eigenvalue weighted by atomic mass is 10.1. The first kappa shape index (κ1) is 23.2. The Balaban J connectivity index is 1.76. The molecule has 1 heterocycles. The zero-order chi connectivity index (χ0) is 23.1. The van der Waals surface area contributed by atoms with E-state index in [-0.39, 0.29) is 30.9 Å². The summed E-state index contributed by atoms with van der Waals surface area (Å²) < 4.78 is 16.5. The van der Waals surface area contributed by atoms with Crippen LogP contribution in [0.2, 0.25) is 0 Å². The molecule has 0 saturated carbocycles. The number of nitrogens with one attached hydrogen (secondary N) is 2. The maximum absolute atomic E-state index is 12.9. The van der Waals surface area contributed by atoms with E-state index >= 15 is 0 Å². The van der Waals surface area contributed by atoms with Crippen LogP contribution in [0.15, 0.2) is 42.5 Å². The molecule has 172 valence electrons. The van der Waals surface area contributed by atoms with Gasteiger partial charge in [0, 0.05) is 12.1 Å². The Morgan fingerprint density at radius 2 is 1.88 bits per heavy atom. The van der Waals surface area contributed by atoms with E-state index in [9.17, 15) is 9.59 Å². The summed E-state index contributed by atoms with van der Waals surface area (Å²) in [4.78, 5) is 27.6. The molecule has 0 bridgehead atoms. The molecule has 0 fully saturated rings. The number of carbonyl (C=O) groups excluding carboxylic acids is 2. The van der Waals surface area contributed by atoms with Gasteiger partial charge in [-0.2, -0.15) is 0 Å². The maximum Gasteiger partial charge on any atom is 0.263 e. The highest BCUT2D eigenvalue weighted by molar-refractivity contribution is 5.96. The summed E-state index contributed by atoms with van der Waals surface area (Å²) in [5.41, 5.74) is 1.29. The second-order valence-corrected chi connectivity index (χ2v) is 7.59. The van der Waals surface area contributed by atoms with Crippen LogP contribution in [0.25, 0.3) is 0 Å². The molecule has 2 amide bonds. The molecule has 8 heteroatoms. The molecule has 32 heavy (non-hydrogen) atoms. The molecule has 0 aliphatic carbocycles. The third-order valence-corrected chi connectivity index (χ3v) is 5.50. The van der Waals surface area contributed by atoms with Crippen molar-refractivity contribution in [1.29, 1.82) is 0 Å². The zero-order valence-electron chi connectivity index (χ0n) is 19.0. The standard InChI is InChI=1S/C24H31N3O5/c1-5-16(6-2)25-24(29)22-14-27(19-9-7-8-10-21(19)32-22)15-23(28)26-18-13-17(30-3)11-12-20(18)31-4/h7-13,16,22H,5-6,14-15H2,1-4H3,(H,25,29)(H,26,28). The summed E-state index contributed by atoms with van der Waals surface area (Å²) in [7, 11) is 3.10. The molecular formula is C24H31N3O5. The van der Waals surface area contributed by atoms with Gasteiger partial charge in [-0.15, -0.1) is 0 Å². The Kier molecular flexibility index (Phi) is 7.81. The number of rotatable bonds is 9. The van der Waals surface area contributed by atoms with E-state index in [4.69, 9.17) is 14.2 Å². The SMILES string of the molecule is CCC(CC)NC(=O)C1CN(CC(=O)Nc2cc(OC)ccc2OC)c2ccccc2O1. The Labute approximate surface area is 188 Å². The van der Waals surface area contributed by atoms with E-state index in [0.29, 0.717) is 22.9 Å². The number of para-hydroxylation sites is 2. The fourth-order valence-corrected chi connectivity index (χ4v) is 3.66. The van der Waals surface area contributed by atoms with Crippen LogP contribution in [-0.2, 0) is 9.59 Å². The van der Waals surface area contributed by atoms with Gasteiger partial charge in [0.2, 0.25) is 5.91 Å². The van der Waals surface area contributed by atoms with Gasteiger partial charge in [-0.1, -0.05) is 26.0 Å². The molecule has 2 aromatic carbocycles. The third-order valence-electron chi connectivity index (χ3n) is 5.50. The lowest BCUT2D eigenvalue weighted by Crippen LogP contribution is -2.52. The van der Waals surface area contributed by atoms with Crippen molar-refractivity contribution in [2.24, 2.45) is 0 Å². The van der Waals surface area contributed by atoms with E-state index in [1.807, 2.05) is 43.0 Å². The number of anilines is 2. The lowest BCUT2D eigenvalue weighted by molar-refractivity contribution is -0.129. The van der Waals surface area contributed by atoms with Crippen LogP contribution in [0.5, 0.6) is 17.2 Å². The summed E-state index contributed by atoms with van der Waals surface area (Å²) in [5, 5.41) is 5.92. The van der Waals surface area contributed by atoms with E-state index in [2.05, 4.69) is 10.6 Å². The van der Waals surface area contributed by atoms with E-state index < -0.39 is 6.10 Å². The number of methoxy groups -OCH3 is 2. The first-order chi connectivity index (χ1) is 15.5. The first-order valence-corrected chi connectivity index (χ1v) is 10.8. The van der Waals surface area contributed by atoms with Gasteiger partial charge in [0.1, 0.15) is 17.2 Å². The van der Waals surface area contributed by atoms with Crippen LogP contribution >= 0.6 is 0 Å². The predicted octanol–water partition coefficient (Wildman–Crippen LogP) is 3.21. The van der Waals surface area contributed by atoms with Gasteiger partial charge in [0.05, 0.1) is 38.7 Å². The van der Waals surface area contributed by atoms with Crippen molar-refractivity contribution in [1.82, 2.24) is 5.32 Å². The minimum Gasteiger partial charge on any atom is -0.497 e. The van der Waals surface area contributed by atoms with Crippen LogP contribution in [0, 0.1) is 0 Å². The molecule has 0 aromatic heterocycles. The number of benzene rings is 2. The monoisotopic (exact) mass is 441 g/mol. The van der Waals surface area contributed by atoms with Gasteiger partial charge >= 0.3 is 0 Å². The van der Waals surface area contributed by atoms with Gasteiger partial charge < -0.3 is 29.7 Å². The van der Waals surface area contributed by atoms with Crippen molar-refractivity contribution in [3.8, 4) is 17.2 Å². The highest BCUT2D eigenvalue weighted by Crippen LogP contribution is 2.33. The average molecular weight is 442 g/mol. The van der Waals surface area contributed by atoms with Crippen LogP contribution < -0.4 is 29.7 Å². The second kappa shape index (κ2) is 10.7. The minimum atomic E-state index is -0.704. The average Bonchev–Trinajstić information content (AvgIpc) is 2.82. The summed E-state index contributed by atoms with van der Waals surface area (Å²) in [6.07, 6.45) is 0.990. The summed E-state index contributed by atoms with van der Waals surface area (Å²) in [6, 6.07) is 12.7. The van der Waals surface area contributed by atoms with Crippen molar-refractivity contribution >= 4 is 23.2 Å². The van der Waals surface area contributed by atoms with E-state index in [0.717, 1.165) is 18.5 Å². The number of hydrogen-bond donors (Lipinski definition) is 2. The quantitative estimate of drug-likeness (QED) is 0.621. The topological polar surface area (TPSA) is 89.1 Å². The maximum atomic E-state index is 12.9. The number of ether oxygens (including phenoxy) is 3. The van der Waals surface area contributed by atoms with Crippen molar-refractivity contribution in [3.63, 3.8) is 0 Å². The van der Waals surface area contributed by atoms with Crippen LogP contribution in [0.1, 0.15) is 26.7 Å². The highest BCUT2D eigenvalue weighted by Gasteiger charge is 2.32. The molecule has 1 aliphatic rings. The molecule has 2 N–H and O–H groups in total. The zero-order valence-corrected chi connectivity index (χ0v) is 19.0.